The molecule has 0 aliphatic carbocycles. The Morgan fingerprint density at radius 2 is 1.72 bits per heavy atom. The van der Waals surface area contributed by atoms with Gasteiger partial charge in [-0.2, -0.15) is 0 Å². The fourth-order valence-electron chi connectivity index (χ4n) is 4.27. The molecule has 0 saturated carbocycles. The van der Waals surface area contributed by atoms with E-state index in [9.17, 15) is 9.59 Å². The minimum absolute atomic E-state index is 0.0495. The van der Waals surface area contributed by atoms with Gasteiger partial charge in [0.25, 0.3) is 11.8 Å². The van der Waals surface area contributed by atoms with E-state index in [0.717, 1.165) is 50.9 Å². The predicted octanol–water partition coefficient (Wildman–Crippen LogP) is 2.48. The van der Waals surface area contributed by atoms with Crippen LogP contribution in [0.3, 0.4) is 0 Å². The average Bonchev–Trinajstić information content (AvgIpc) is 3.42. The lowest BCUT2D eigenvalue weighted by Crippen LogP contribution is -2.29. The lowest BCUT2D eigenvalue weighted by Gasteiger charge is -2.19. The van der Waals surface area contributed by atoms with Crippen LogP contribution < -0.4 is 14.8 Å². The molecule has 8 nitrogen and oxygen atoms in total. The molecule has 5 rings (SSSR count). The highest BCUT2D eigenvalue weighted by molar-refractivity contribution is 6.04. The molecule has 1 saturated heterocycles. The second-order valence-electron chi connectivity index (χ2n) is 7.65. The number of hydrogen-bond donors (Lipinski definition) is 1. The molecule has 1 aromatic heterocycles. The molecule has 152 valence electrons. The highest BCUT2D eigenvalue weighted by atomic mass is 16.6. The quantitative estimate of drug-likeness (QED) is 0.862. The third-order valence-electron chi connectivity index (χ3n) is 5.72. The summed E-state index contributed by atoms with van der Waals surface area (Å²) in [5.41, 5.74) is 1.94. The lowest BCUT2D eigenvalue weighted by atomic mass is 10.1. The largest absolute Gasteiger partial charge is 0.486 e. The van der Waals surface area contributed by atoms with Crippen molar-refractivity contribution in [3.63, 3.8) is 0 Å². The number of nitrogens with one attached hydrogen (secondary N) is 1. The zero-order chi connectivity index (χ0) is 19.8. The summed E-state index contributed by atoms with van der Waals surface area (Å²) < 4.78 is 13.0. The fourth-order valence-corrected chi connectivity index (χ4v) is 4.27. The number of carbonyl (C=O) groups is 2. The van der Waals surface area contributed by atoms with Crippen LogP contribution in [0.25, 0.3) is 0 Å². The minimum atomic E-state index is -0.315. The Bertz CT molecular complexity index is 962. The molecule has 4 heterocycles. The van der Waals surface area contributed by atoms with Gasteiger partial charge in [-0.3, -0.25) is 9.59 Å². The van der Waals surface area contributed by atoms with Gasteiger partial charge in [0.2, 0.25) is 0 Å². The van der Waals surface area contributed by atoms with E-state index >= 15 is 0 Å². The first-order chi connectivity index (χ1) is 14.2. The molecule has 3 aliphatic heterocycles. The molecule has 0 atom stereocenters. The number of fused-ring (bicyclic) bond motifs is 2. The van der Waals surface area contributed by atoms with Crippen molar-refractivity contribution in [1.29, 1.82) is 0 Å². The number of anilines is 1. The van der Waals surface area contributed by atoms with Crippen molar-refractivity contribution in [2.45, 2.75) is 38.6 Å². The van der Waals surface area contributed by atoms with Gasteiger partial charge in [-0.1, -0.05) is 0 Å². The lowest BCUT2D eigenvalue weighted by molar-refractivity contribution is 0.0786. The Labute approximate surface area is 168 Å². The maximum Gasteiger partial charge on any atom is 0.291 e. The van der Waals surface area contributed by atoms with Gasteiger partial charge in [0.05, 0.1) is 5.69 Å². The average molecular weight is 396 g/mol. The van der Waals surface area contributed by atoms with Crippen LogP contribution in [-0.4, -0.2) is 52.6 Å². The van der Waals surface area contributed by atoms with Crippen molar-refractivity contribution in [2.75, 3.05) is 31.6 Å². The molecule has 1 aromatic carbocycles. The van der Waals surface area contributed by atoms with Crippen molar-refractivity contribution >= 4 is 17.5 Å². The molecule has 3 aliphatic rings. The number of rotatable bonds is 3. The van der Waals surface area contributed by atoms with Gasteiger partial charge in [0.1, 0.15) is 18.9 Å². The van der Waals surface area contributed by atoms with Crippen molar-refractivity contribution in [3.8, 4) is 11.5 Å². The Morgan fingerprint density at radius 1 is 0.966 bits per heavy atom. The number of hydrogen-bond acceptors (Lipinski definition) is 5. The molecular formula is C21H24N4O4. The maximum absolute atomic E-state index is 13.0. The monoisotopic (exact) mass is 396 g/mol. The molecule has 8 heteroatoms. The topological polar surface area (TPSA) is 85.7 Å². The van der Waals surface area contributed by atoms with E-state index in [4.69, 9.17) is 9.47 Å². The van der Waals surface area contributed by atoms with Gasteiger partial charge in [-0.15, -0.1) is 0 Å². The van der Waals surface area contributed by atoms with Crippen LogP contribution in [0.1, 0.15) is 52.5 Å². The molecule has 1 fully saturated rings. The van der Waals surface area contributed by atoms with Crippen LogP contribution >= 0.6 is 0 Å². The number of carbonyl (C=O) groups excluding carboxylic acids is 2. The summed E-state index contributed by atoms with van der Waals surface area (Å²) in [7, 11) is 0. The maximum atomic E-state index is 13.0. The number of aromatic nitrogens is 2. The molecular weight excluding hydrogens is 372 g/mol. The van der Waals surface area contributed by atoms with E-state index in [1.54, 1.807) is 18.2 Å². The van der Waals surface area contributed by atoms with Crippen molar-refractivity contribution in [1.82, 2.24) is 14.5 Å². The predicted molar refractivity (Wildman–Crippen MR) is 106 cm³/mol. The van der Waals surface area contributed by atoms with E-state index in [0.29, 0.717) is 48.5 Å². The Hall–Kier alpha value is -3.03. The van der Waals surface area contributed by atoms with Crippen molar-refractivity contribution in [3.05, 3.63) is 35.4 Å². The zero-order valence-corrected chi connectivity index (χ0v) is 16.3. The number of benzene rings is 1. The van der Waals surface area contributed by atoms with Gasteiger partial charge in [-0.05, 0) is 44.2 Å². The summed E-state index contributed by atoms with van der Waals surface area (Å²) in [6, 6.07) is 5.32. The standard InChI is InChI=1S/C21H24N4O4/c26-20(22-14-6-7-16-17(13-14)29-12-11-28-16)19-23-18(15-5-1-2-10-25(15)19)21(27)24-8-3-4-9-24/h6-7,13H,1-5,8-12H2,(H,22,26). The van der Waals surface area contributed by atoms with Crippen LogP contribution in [0, 0.1) is 0 Å². The van der Waals surface area contributed by atoms with Crippen LogP contribution in [0.4, 0.5) is 5.69 Å². The van der Waals surface area contributed by atoms with Crippen molar-refractivity contribution < 1.29 is 19.1 Å². The SMILES string of the molecule is O=C(Nc1ccc2c(c1)OCCO2)c1nc(C(=O)N2CCCC2)c2n1CCCC2. The first-order valence-corrected chi connectivity index (χ1v) is 10.3. The van der Waals surface area contributed by atoms with Crippen molar-refractivity contribution in [2.24, 2.45) is 0 Å². The second-order valence-corrected chi connectivity index (χ2v) is 7.65. The summed E-state index contributed by atoms with van der Waals surface area (Å²) >= 11 is 0. The molecule has 1 N–H and O–H groups in total. The number of amides is 2. The Kier molecular flexibility index (Phi) is 4.61. The molecule has 29 heavy (non-hydrogen) atoms. The van der Waals surface area contributed by atoms with Crippen LogP contribution in [0.15, 0.2) is 18.2 Å². The zero-order valence-electron chi connectivity index (χ0n) is 16.3. The third-order valence-corrected chi connectivity index (χ3v) is 5.72. The number of likely N-dealkylation sites (tertiary alicyclic amines) is 1. The first kappa shape index (κ1) is 18.0. The number of nitrogens with zero attached hydrogens (tertiary/aromatic N) is 3. The van der Waals surface area contributed by atoms with Crippen LogP contribution in [0.2, 0.25) is 0 Å². The van der Waals surface area contributed by atoms with Crippen LogP contribution in [0.5, 0.6) is 11.5 Å². The van der Waals surface area contributed by atoms with Gasteiger partial charge in [0, 0.05) is 31.4 Å². The molecule has 2 aromatic rings. The third kappa shape index (κ3) is 3.32. The molecule has 0 unspecified atom stereocenters. The summed E-state index contributed by atoms with van der Waals surface area (Å²) in [6.07, 6.45) is 4.82. The van der Waals surface area contributed by atoms with Gasteiger partial charge < -0.3 is 24.3 Å². The van der Waals surface area contributed by atoms with Crippen LogP contribution in [-0.2, 0) is 13.0 Å². The fraction of sp³-hybridized carbons (Fsp3) is 0.476. The smallest absolute Gasteiger partial charge is 0.291 e. The molecule has 2 amide bonds. The molecule has 0 spiro atoms. The highest BCUT2D eigenvalue weighted by Crippen LogP contribution is 2.33. The number of imidazole rings is 1. The van der Waals surface area contributed by atoms with Gasteiger partial charge >= 0.3 is 0 Å². The van der Waals surface area contributed by atoms with E-state index in [2.05, 4.69) is 10.3 Å². The van der Waals surface area contributed by atoms with Gasteiger partial charge in [0.15, 0.2) is 17.3 Å². The first-order valence-electron chi connectivity index (χ1n) is 10.3. The van der Waals surface area contributed by atoms with E-state index in [1.165, 1.54) is 0 Å². The molecule has 0 bridgehead atoms. The summed E-state index contributed by atoms with van der Waals surface area (Å²) in [5, 5.41) is 2.90. The normalized spacial score (nSPS) is 17.7. The highest BCUT2D eigenvalue weighted by Gasteiger charge is 2.31. The second kappa shape index (κ2) is 7.42. The Balaban J connectivity index is 1.42. The molecule has 0 radical (unpaired) electrons. The Morgan fingerprint density at radius 3 is 2.55 bits per heavy atom. The van der Waals surface area contributed by atoms with E-state index < -0.39 is 0 Å². The summed E-state index contributed by atoms with van der Waals surface area (Å²) in [4.78, 5) is 32.4. The minimum Gasteiger partial charge on any atom is -0.486 e. The van der Waals surface area contributed by atoms with Gasteiger partial charge in [-0.25, -0.2) is 4.98 Å². The number of ether oxygens (including phenoxy) is 2. The summed E-state index contributed by atoms with van der Waals surface area (Å²) in [6.45, 7) is 3.25. The van der Waals surface area contributed by atoms with E-state index in [1.807, 2.05) is 9.47 Å². The summed E-state index contributed by atoms with van der Waals surface area (Å²) in [5.74, 6) is 1.23. The van der Waals surface area contributed by atoms with E-state index in [-0.39, 0.29) is 11.8 Å².